The highest BCUT2D eigenvalue weighted by Gasteiger charge is 2.16. The first-order valence-corrected chi connectivity index (χ1v) is 6.04. The van der Waals surface area contributed by atoms with Crippen molar-refractivity contribution in [1.29, 1.82) is 0 Å². The van der Waals surface area contributed by atoms with Crippen LogP contribution >= 0.6 is 15.9 Å². The zero-order valence-electron chi connectivity index (χ0n) is 8.88. The standard InChI is InChI=1S/C12H15BrO2/c1-14-8-15-12-7-6-11(13)9-4-2-3-5-10(9)12/h6-7H,2-5,8H2,1H3. The molecule has 1 aromatic rings. The molecular weight excluding hydrogens is 256 g/mol. The summed E-state index contributed by atoms with van der Waals surface area (Å²) >= 11 is 3.60. The molecular formula is C12H15BrO2. The Labute approximate surface area is 98.7 Å². The number of ether oxygens (including phenoxy) is 2. The Hall–Kier alpha value is -0.540. The second-order valence-corrected chi connectivity index (χ2v) is 4.61. The van der Waals surface area contributed by atoms with Crippen molar-refractivity contribution in [3.05, 3.63) is 27.7 Å². The highest BCUT2D eigenvalue weighted by atomic mass is 79.9. The van der Waals surface area contributed by atoms with Crippen molar-refractivity contribution in [2.45, 2.75) is 25.7 Å². The maximum Gasteiger partial charge on any atom is 0.188 e. The number of hydrogen-bond donors (Lipinski definition) is 0. The lowest BCUT2D eigenvalue weighted by Crippen LogP contribution is -2.08. The SMILES string of the molecule is COCOc1ccc(Br)c2c1CCCC2. The second kappa shape index (κ2) is 4.99. The molecule has 1 aliphatic rings. The van der Waals surface area contributed by atoms with Crippen molar-refractivity contribution in [2.24, 2.45) is 0 Å². The van der Waals surface area contributed by atoms with Crippen molar-refractivity contribution < 1.29 is 9.47 Å². The first-order chi connectivity index (χ1) is 7.33. The molecule has 0 saturated heterocycles. The summed E-state index contributed by atoms with van der Waals surface area (Å²) in [4.78, 5) is 0. The normalized spacial score (nSPS) is 14.8. The molecule has 0 saturated carbocycles. The molecule has 0 atom stereocenters. The minimum absolute atomic E-state index is 0.327. The van der Waals surface area contributed by atoms with E-state index in [9.17, 15) is 0 Å². The Bertz CT molecular complexity index is 350. The Morgan fingerprint density at radius 3 is 2.67 bits per heavy atom. The maximum atomic E-state index is 5.57. The minimum Gasteiger partial charge on any atom is -0.467 e. The van der Waals surface area contributed by atoms with E-state index in [1.165, 1.54) is 28.4 Å². The first-order valence-electron chi connectivity index (χ1n) is 5.25. The number of halogens is 1. The quantitative estimate of drug-likeness (QED) is 0.785. The van der Waals surface area contributed by atoms with Gasteiger partial charge in [0.1, 0.15) is 5.75 Å². The molecule has 0 N–H and O–H groups in total. The number of hydrogen-bond acceptors (Lipinski definition) is 2. The van der Waals surface area contributed by atoms with Gasteiger partial charge in [-0.3, -0.25) is 0 Å². The van der Waals surface area contributed by atoms with E-state index in [1.54, 1.807) is 7.11 Å². The van der Waals surface area contributed by atoms with E-state index >= 15 is 0 Å². The number of rotatable bonds is 3. The Kier molecular flexibility index (Phi) is 3.65. The molecule has 0 radical (unpaired) electrons. The molecule has 0 fully saturated rings. The Balaban J connectivity index is 2.30. The third-order valence-electron chi connectivity index (χ3n) is 2.77. The maximum absolute atomic E-state index is 5.57. The van der Waals surface area contributed by atoms with Gasteiger partial charge >= 0.3 is 0 Å². The van der Waals surface area contributed by atoms with E-state index in [-0.39, 0.29) is 0 Å². The summed E-state index contributed by atoms with van der Waals surface area (Å²) in [6.07, 6.45) is 4.81. The average molecular weight is 271 g/mol. The van der Waals surface area contributed by atoms with E-state index in [4.69, 9.17) is 9.47 Å². The van der Waals surface area contributed by atoms with Crippen LogP contribution in [0.2, 0.25) is 0 Å². The van der Waals surface area contributed by atoms with Gasteiger partial charge in [0.15, 0.2) is 6.79 Å². The minimum atomic E-state index is 0.327. The predicted octanol–water partition coefficient (Wildman–Crippen LogP) is 3.31. The fourth-order valence-electron chi connectivity index (χ4n) is 2.05. The van der Waals surface area contributed by atoms with Gasteiger partial charge in [0.2, 0.25) is 0 Å². The van der Waals surface area contributed by atoms with Crippen LogP contribution in [0.4, 0.5) is 0 Å². The lowest BCUT2D eigenvalue weighted by molar-refractivity contribution is 0.0502. The van der Waals surface area contributed by atoms with E-state index in [0.29, 0.717) is 6.79 Å². The molecule has 0 spiro atoms. The van der Waals surface area contributed by atoms with Crippen molar-refractivity contribution in [3.63, 3.8) is 0 Å². The molecule has 0 bridgehead atoms. The monoisotopic (exact) mass is 270 g/mol. The summed E-state index contributed by atoms with van der Waals surface area (Å²) in [5.41, 5.74) is 2.77. The van der Waals surface area contributed by atoms with E-state index in [1.807, 2.05) is 6.07 Å². The van der Waals surface area contributed by atoms with Gasteiger partial charge in [-0.25, -0.2) is 0 Å². The largest absolute Gasteiger partial charge is 0.467 e. The smallest absolute Gasteiger partial charge is 0.188 e. The summed E-state index contributed by atoms with van der Waals surface area (Å²) in [7, 11) is 1.64. The summed E-state index contributed by atoms with van der Waals surface area (Å²) in [6.45, 7) is 0.327. The molecule has 2 nitrogen and oxygen atoms in total. The Morgan fingerprint density at radius 1 is 1.20 bits per heavy atom. The molecule has 1 aromatic carbocycles. The molecule has 15 heavy (non-hydrogen) atoms. The molecule has 0 amide bonds. The third kappa shape index (κ3) is 2.34. The van der Waals surface area contributed by atoms with Crippen LogP contribution in [0.25, 0.3) is 0 Å². The van der Waals surface area contributed by atoms with Gasteiger partial charge in [0.25, 0.3) is 0 Å². The van der Waals surface area contributed by atoms with Gasteiger partial charge in [0.05, 0.1) is 0 Å². The van der Waals surface area contributed by atoms with Crippen molar-refractivity contribution in [1.82, 2.24) is 0 Å². The van der Waals surface area contributed by atoms with Gasteiger partial charge in [-0.05, 0) is 48.9 Å². The number of methoxy groups -OCH3 is 1. The van der Waals surface area contributed by atoms with Crippen molar-refractivity contribution in [2.75, 3.05) is 13.9 Å². The summed E-state index contributed by atoms with van der Waals surface area (Å²) < 4.78 is 11.7. The summed E-state index contributed by atoms with van der Waals surface area (Å²) in [6, 6.07) is 4.09. The van der Waals surface area contributed by atoms with E-state index in [0.717, 1.165) is 18.6 Å². The topological polar surface area (TPSA) is 18.5 Å². The van der Waals surface area contributed by atoms with Crippen LogP contribution in [0.15, 0.2) is 16.6 Å². The van der Waals surface area contributed by atoms with Crippen molar-refractivity contribution in [3.8, 4) is 5.75 Å². The lowest BCUT2D eigenvalue weighted by atomic mass is 9.91. The van der Waals surface area contributed by atoms with Crippen LogP contribution in [0.5, 0.6) is 5.75 Å². The molecule has 0 unspecified atom stereocenters. The fourth-order valence-corrected chi connectivity index (χ4v) is 2.62. The fraction of sp³-hybridized carbons (Fsp3) is 0.500. The van der Waals surface area contributed by atoms with Gasteiger partial charge < -0.3 is 9.47 Å². The first kappa shape index (κ1) is 11.0. The number of fused-ring (bicyclic) bond motifs is 1. The van der Waals surface area contributed by atoms with E-state index < -0.39 is 0 Å². The van der Waals surface area contributed by atoms with Crippen molar-refractivity contribution >= 4 is 15.9 Å². The predicted molar refractivity (Wildman–Crippen MR) is 63.3 cm³/mol. The number of benzene rings is 1. The van der Waals surface area contributed by atoms with Crippen LogP contribution in [0.1, 0.15) is 24.0 Å². The molecule has 82 valence electrons. The summed E-state index contributed by atoms with van der Waals surface area (Å²) in [5, 5.41) is 0. The van der Waals surface area contributed by atoms with Gasteiger partial charge in [-0.1, -0.05) is 15.9 Å². The van der Waals surface area contributed by atoms with Crippen LogP contribution in [-0.4, -0.2) is 13.9 Å². The average Bonchev–Trinajstić information content (AvgIpc) is 2.29. The lowest BCUT2D eigenvalue weighted by Gasteiger charge is -2.20. The van der Waals surface area contributed by atoms with Gasteiger partial charge in [-0.15, -0.1) is 0 Å². The third-order valence-corrected chi connectivity index (χ3v) is 3.51. The molecule has 0 aliphatic heterocycles. The summed E-state index contributed by atoms with van der Waals surface area (Å²) in [5.74, 6) is 0.981. The molecule has 2 rings (SSSR count). The Morgan fingerprint density at radius 2 is 1.93 bits per heavy atom. The highest BCUT2D eigenvalue weighted by molar-refractivity contribution is 9.10. The van der Waals surface area contributed by atoms with Crippen LogP contribution < -0.4 is 4.74 Å². The molecule has 3 heteroatoms. The van der Waals surface area contributed by atoms with Gasteiger partial charge in [0, 0.05) is 11.6 Å². The highest BCUT2D eigenvalue weighted by Crippen LogP contribution is 2.34. The molecule has 0 aromatic heterocycles. The molecule has 1 aliphatic carbocycles. The van der Waals surface area contributed by atoms with E-state index in [2.05, 4.69) is 22.0 Å². The van der Waals surface area contributed by atoms with Crippen LogP contribution in [-0.2, 0) is 17.6 Å². The van der Waals surface area contributed by atoms with Crippen LogP contribution in [0.3, 0.4) is 0 Å². The second-order valence-electron chi connectivity index (χ2n) is 3.76. The zero-order chi connectivity index (χ0) is 10.7. The van der Waals surface area contributed by atoms with Crippen LogP contribution in [0, 0.1) is 0 Å². The van der Waals surface area contributed by atoms with Gasteiger partial charge in [-0.2, -0.15) is 0 Å². The molecule has 0 heterocycles. The zero-order valence-corrected chi connectivity index (χ0v) is 10.5.